The maximum Gasteiger partial charge on any atom is 0.258 e. The van der Waals surface area contributed by atoms with Crippen LogP contribution in [-0.4, -0.2) is 15.1 Å². The normalized spacial score (nSPS) is 11.5. The number of rotatable bonds is 4. The van der Waals surface area contributed by atoms with E-state index in [0.717, 1.165) is 5.76 Å². The summed E-state index contributed by atoms with van der Waals surface area (Å²) in [5.41, 5.74) is 6.20. The molecule has 6 nitrogen and oxygen atoms in total. The topological polar surface area (TPSA) is 97.3 Å². The minimum Gasteiger partial charge on any atom is -1.00 e. The molecule has 0 radical (unpaired) electrons. The average Bonchev–Trinajstić information content (AvgIpc) is 3.04. The van der Waals surface area contributed by atoms with Gasteiger partial charge < -0.3 is 27.5 Å². The summed E-state index contributed by atoms with van der Waals surface area (Å²) in [5.74, 6) is 1.66. The van der Waals surface area contributed by atoms with Gasteiger partial charge in [0.15, 0.2) is 5.17 Å². The molecule has 2 aromatic heterocycles. The zero-order valence-electron chi connectivity index (χ0n) is 12.3. The molecule has 3 N–H and O–H groups in total. The van der Waals surface area contributed by atoms with Gasteiger partial charge in [0.05, 0.1) is 29.5 Å². The third-order valence-corrected chi connectivity index (χ3v) is 4.12. The van der Waals surface area contributed by atoms with Gasteiger partial charge in [-0.05, 0) is 30.3 Å². The van der Waals surface area contributed by atoms with E-state index in [1.165, 1.54) is 11.8 Å². The van der Waals surface area contributed by atoms with Crippen molar-refractivity contribution in [1.82, 2.24) is 9.97 Å². The molecule has 0 aliphatic heterocycles. The van der Waals surface area contributed by atoms with E-state index < -0.39 is 0 Å². The van der Waals surface area contributed by atoms with Crippen LogP contribution in [0.4, 0.5) is 0 Å². The molecule has 3 rings (SSSR count). The fraction of sp³-hybridized carbons (Fsp3) is 0.133. The number of fused-ring (bicyclic) bond motifs is 1. The summed E-state index contributed by atoms with van der Waals surface area (Å²) in [7, 11) is 0. The van der Waals surface area contributed by atoms with Gasteiger partial charge in [0.25, 0.3) is 5.56 Å². The molecule has 0 bridgehead atoms. The first kappa shape index (κ1) is 18.4. The molecule has 0 unspecified atom stereocenters. The Morgan fingerprint density at radius 1 is 1.42 bits per heavy atom. The number of nitrogens with one attached hydrogen (secondary N) is 1. The Kier molecular flexibility index (Phi) is 6.30. The second kappa shape index (κ2) is 8.23. The first-order valence-electron chi connectivity index (χ1n) is 6.75. The Bertz CT molecular complexity index is 909. The lowest BCUT2D eigenvalue weighted by Gasteiger charge is -2.03. The third kappa shape index (κ3) is 4.53. The average molecular weight is 384 g/mol. The van der Waals surface area contributed by atoms with E-state index in [1.807, 2.05) is 6.07 Å². The Hall–Kier alpha value is -1.96. The first-order valence-corrected chi connectivity index (χ1v) is 8.12. The standard InChI is InChI=1S/C15H13ClN4O2S.ClH/c16-9-3-4-11-12(6-9)19-13(20-14(11)21)8-23-15(17)18-7-10-2-1-5-22-10;/h1-6H,7-8H2,(H2,17,18)(H,19,20,21);1H/p-1. The smallest absolute Gasteiger partial charge is 0.258 e. The van der Waals surface area contributed by atoms with Gasteiger partial charge >= 0.3 is 0 Å². The maximum absolute atomic E-state index is 12.0. The molecule has 126 valence electrons. The van der Waals surface area contributed by atoms with Crippen molar-refractivity contribution in [2.75, 3.05) is 0 Å². The number of aliphatic imine (C=N–C) groups is 1. The van der Waals surface area contributed by atoms with Crippen LogP contribution in [0.15, 0.2) is 50.8 Å². The van der Waals surface area contributed by atoms with Crippen molar-refractivity contribution in [2.24, 2.45) is 10.7 Å². The number of H-pyrrole nitrogens is 1. The highest BCUT2D eigenvalue weighted by Gasteiger charge is 2.06. The minimum absolute atomic E-state index is 0. The second-order valence-electron chi connectivity index (χ2n) is 4.70. The van der Waals surface area contributed by atoms with Crippen molar-refractivity contribution in [3.05, 3.63) is 63.6 Å². The number of hydrogen-bond acceptors (Lipinski definition) is 5. The van der Waals surface area contributed by atoms with E-state index in [9.17, 15) is 4.79 Å². The molecular formula is C15H13Cl2N4O2S-. The lowest BCUT2D eigenvalue weighted by molar-refractivity contribution is -0.00000532. The van der Waals surface area contributed by atoms with Crippen LogP contribution in [0.25, 0.3) is 10.9 Å². The van der Waals surface area contributed by atoms with Crippen molar-refractivity contribution in [2.45, 2.75) is 12.3 Å². The number of aromatic amines is 1. The molecule has 3 aromatic rings. The lowest BCUT2D eigenvalue weighted by atomic mass is 10.2. The zero-order chi connectivity index (χ0) is 16.2. The Balaban J connectivity index is 0.00000208. The molecule has 1 aromatic carbocycles. The van der Waals surface area contributed by atoms with Crippen LogP contribution >= 0.6 is 23.4 Å². The van der Waals surface area contributed by atoms with Gasteiger partial charge in [0.1, 0.15) is 11.6 Å². The summed E-state index contributed by atoms with van der Waals surface area (Å²) in [5, 5.41) is 1.44. The van der Waals surface area contributed by atoms with Gasteiger partial charge in [-0.1, -0.05) is 23.4 Å². The molecule has 0 aliphatic rings. The molecule has 0 atom stereocenters. The van der Waals surface area contributed by atoms with E-state index in [0.29, 0.717) is 39.2 Å². The fourth-order valence-corrected chi connectivity index (χ4v) is 2.72. The van der Waals surface area contributed by atoms with Crippen LogP contribution in [0, 0.1) is 0 Å². The number of nitrogens with two attached hydrogens (primary N) is 1. The highest BCUT2D eigenvalue weighted by Crippen LogP contribution is 2.16. The van der Waals surface area contributed by atoms with E-state index in [2.05, 4.69) is 15.0 Å². The molecule has 0 amide bonds. The van der Waals surface area contributed by atoms with Crippen LogP contribution in [-0.2, 0) is 12.3 Å². The Morgan fingerprint density at radius 2 is 2.25 bits per heavy atom. The number of nitrogens with zero attached hydrogens (tertiary/aromatic N) is 2. The highest BCUT2D eigenvalue weighted by molar-refractivity contribution is 8.13. The lowest BCUT2D eigenvalue weighted by Crippen LogP contribution is -3.00. The quantitative estimate of drug-likeness (QED) is 0.485. The van der Waals surface area contributed by atoms with Gasteiger partial charge in [-0.25, -0.2) is 4.98 Å². The molecule has 2 heterocycles. The number of furan rings is 1. The van der Waals surface area contributed by atoms with E-state index in [-0.39, 0.29) is 18.0 Å². The van der Waals surface area contributed by atoms with E-state index in [1.54, 1.807) is 30.5 Å². The third-order valence-electron chi connectivity index (χ3n) is 3.05. The number of halogens is 2. The van der Waals surface area contributed by atoms with E-state index >= 15 is 0 Å². The predicted octanol–water partition coefficient (Wildman–Crippen LogP) is -0.0784. The van der Waals surface area contributed by atoms with Gasteiger partial charge in [-0.3, -0.25) is 9.79 Å². The van der Waals surface area contributed by atoms with Gasteiger partial charge in [0, 0.05) is 5.02 Å². The number of thioether (sulfide) groups is 1. The van der Waals surface area contributed by atoms with Crippen LogP contribution in [0.5, 0.6) is 0 Å². The largest absolute Gasteiger partial charge is 1.00 e. The summed E-state index contributed by atoms with van der Waals surface area (Å²) >= 11 is 7.23. The van der Waals surface area contributed by atoms with Crippen molar-refractivity contribution < 1.29 is 16.8 Å². The number of aromatic nitrogens is 2. The van der Waals surface area contributed by atoms with Gasteiger partial charge in [0.2, 0.25) is 0 Å². The Morgan fingerprint density at radius 3 is 3.00 bits per heavy atom. The van der Waals surface area contributed by atoms with Crippen LogP contribution in [0.3, 0.4) is 0 Å². The van der Waals surface area contributed by atoms with Gasteiger partial charge in [-0.15, -0.1) is 0 Å². The van der Waals surface area contributed by atoms with E-state index in [4.69, 9.17) is 21.8 Å². The molecule has 0 aliphatic carbocycles. The Labute approximate surface area is 152 Å². The minimum atomic E-state index is -0.201. The molecule has 9 heteroatoms. The second-order valence-corrected chi connectivity index (χ2v) is 6.13. The molecule has 0 fully saturated rings. The first-order chi connectivity index (χ1) is 11.1. The molecule has 24 heavy (non-hydrogen) atoms. The van der Waals surface area contributed by atoms with Crippen molar-refractivity contribution >= 4 is 39.4 Å². The fourth-order valence-electron chi connectivity index (χ4n) is 1.98. The van der Waals surface area contributed by atoms with Crippen molar-refractivity contribution in [3.8, 4) is 0 Å². The molecular weight excluding hydrogens is 371 g/mol. The van der Waals surface area contributed by atoms with Crippen molar-refractivity contribution in [3.63, 3.8) is 0 Å². The van der Waals surface area contributed by atoms with Crippen molar-refractivity contribution in [1.29, 1.82) is 0 Å². The van der Waals surface area contributed by atoms with Crippen LogP contribution in [0.1, 0.15) is 11.6 Å². The molecule has 0 saturated heterocycles. The summed E-state index contributed by atoms with van der Waals surface area (Å²) in [4.78, 5) is 23.3. The summed E-state index contributed by atoms with van der Waals surface area (Å²) in [6, 6.07) is 8.60. The number of amidine groups is 1. The summed E-state index contributed by atoms with van der Waals surface area (Å²) < 4.78 is 5.18. The maximum atomic E-state index is 12.0. The summed E-state index contributed by atoms with van der Waals surface area (Å²) in [6.45, 7) is 0.378. The zero-order valence-corrected chi connectivity index (χ0v) is 14.7. The number of benzene rings is 1. The van der Waals surface area contributed by atoms with Gasteiger partial charge in [-0.2, -0.15) is 0 Å². The summed E-state index contributed by atoms with van der Waals surface area (Å²) in [6.07, 6.45) is 1.59. The SMILES string of the molecule is NC(=NCc1ccco1)SCc1nc2cc(Cl)ccc2c(=O)[nH]1.[Cl-]. The van der Waals surface area contributed by atoms with Crippen LogP contribution in [0.2, 0.25) is 5.02 Å². The van der Waals surface area contributed by atoms with Crippen LogP contribution < -0.4 is 23.7 Å². The molecule has 0 saturated carbocycles. The monoisotopic (exact) mass is 383 g/mol. The number of hydrogen-bond donors (Lipinski definition) is 2. The highest BCUT2D eigenvalue weighted by atomic mass is 35.5. The molecule has 0 spiro atoms. The predicted molar refractivity (Wildman–Crippen MR) is 92.7 cm³/mol.